The predicted octanol–water partition coefficient (Wildman–Crippen LogP) is 4.45. The van der Waals surface area contributed by atoms with Gasteiger partial charge in [0, 0.05) is 44.1 Å². The molecule has 3 aromatic carbocycles. The third-order valence-corrected chi connectivity index (χ3v) is 8.22. The summed E-state index contributed by atoms with van der Waals surface area (Å²) in [6, 6.07) is 23.9. The number of carboxylic acids is 1. The summed E-state index contributed by atoms with van der Waals surface area (Å²) in [4.78, 5) is 25.3. The van der Waals surface area contributed by atoms with E-state index in [0.29, 0.717) is 6.54 Å². The number of aliphatic hydroxyl groups excluding tert-OH is 1. The molecule has 0 aromatic heterocycles. The zero-order valence-corrected chi connectivity index (χ0v) is 24.5. The molecule has 2 aliphatic rings. The van der Waals surface area contributed by atoms with E-state index in [-0.39, 0.29) is 43.5 Å². The second kappa shape index (κ2) is 14.7. The normalized spacial score (nSPS) is 22.7. The topological polar surface area (TPSA) is 118 Å². The summed E-state index contributed by atoms with van der Waals surface area (Å²) >= 11 is 0. The van der Waals surface area contributed by atoms with E-state index in [0.717, 1.165) is 66.2 Å². The Bertz CT molecular complexity index is 1360. The molecule has 0 radical (unpaired) electrons. The van der Waals surface area contributed by atoms with Gasteiger partial charge >= 0.3 is 5.97 Å². The molecule has 43 heavy (non-hydrogen) atoms. The summed E-state index contributed by atoms with van der Waals surface area (Å²) in [5, 5.41) is 21.2. The SMILES string of the molecule is C[C@@H]1[C@H](CN2CCOCC2)O[C@H](c2ccc(-c3ccccc3CNC(=O)CCC(=O)O)cc2)O[C@@H]1c1ccc(CO)cc1. The number of aliphatic hydroxyl groups is 1. The first-order valence-corrected chi connectivity index (χ1v) is 14.9. The number of carbonyl (C=O) groups is 2. The van der Waals surface area contributed by atoms with Gasteiger partial charge in [-0.1, -0.05) is 79.7 Å². The highest BCUT2D eigenvalue weighted by molar-refractivity contribution is 5.80. The molecule has 9 heteroatoms. The van der Waals surface area contributed by atoms with E-state index < -0.39 is 12.3 Å². The molecule has 0 aliphatic carbocycles. The van der Waals surface area contributed by atoms with Crippen molar-refractivity contribution in [1.29, 1.82) is 0 Å². The third-order valence-electron chi connectivity index (χ3n) is 8.22. The lowest BCUT2D eigenvalue weighted by molar-refractivity contribution is -0.277. The highest BCUT2D eigenvalue weighted by Crippen LogP contribution is 2.42. The lowest BCUT2D eigenvalue weighted by Gasteiger charge is -2.43. The number of rotatable bonds is 11. The Balaban J connectivity index is 1.33. The minimum atomic E-state index is -0.991. The Kier molecular flexibility index (Phi) is 10.6. The summed E-state index contributed by atoms with van der Waals surface area (Å²) in [5.41, 5.74) is 5.75. The number of nitrogens with one attached hydrogen (secondary N) is 1. The predicted molar refractivity (Wildman–Crippen MR) is 161 cm³/mol. The fourth-order valence-electron chi connectivity index (χ4n) is 5.64. The van der Waals surface area contributed by atoms with E-state index >= 15 is 0 Å². The Labute approximate surface area is 252 Å². The zero-order chi connectivity index (χ0) is 30.2. The maximum absolute atomic E-state index is 12.1. The van der Waals surface area contributed by atoms with Gasteiger partial charge in [0.15, 0.2) is 6.29 Å². The second-order valence-corrected chi connectivity index (χ2v) is 11.2. The van der Waals surface area contributed by atoms with Gasteiger partial charge in [0.05, 0.1) is 38.4 Å². The average molecular weight is 589 g/mol. The van der Waals surface area contributed by atoms with Crippen LogP contribution in [0.2, 0.25) is 0 Å². The summed E-state index contributed by atoms with van der Waals surface area (Å²) in [7, 11) is 0. The van der Waals surface area contributed by atoms with Gasteiger partial charge in [-0.25, -0.2) is 0 Å². The van der Waals surface area contributed by atoms with Gasteiger partial charge < -0.3 is 29.7 Å². The summed E-state index contributed by atoms with van der Waals surface area (Å²) in [5.74, 6) is -1.18. The van der Waals surface area contributed by atoms with E-state index in [1.54, 1.807) is 0 Å². The summed E-state index contributed by atoms with van der Waals surface area (Å²) in [6.45, 7) is 6.47. The smallest absolute Gasteiger partial charge is 0.303 e. The molecule has 0 unspecified atom stereocenters. The molecule has 3 aromatic rings. The Morgan fingerprint density at radius 2 is 1.60 bits per heavy atom. The third kappa shape index (κ3) is 8.07. The van der Waals surface area contributed by atoms with Crippen LogP contribution in [0.1, 0.15) is 54.4 Å². The Hall–Kier alpha value is -3.60. The molecule has 2 saturated heterocycles. The lowest BCUT2D eigenvalue weighted by atomic mass is 9.90. The van der Waals surface area contributed by atoms with Crippen LogP contribution >= 0.6 is 0 Å². The Morgan fingerprint density at radius 1 is 0.907 bits per heavy atom. The molecule has 0 saturated carbocycles. The van der Waals surface area contributed by atoms with Gasteiger partial charge in [-0.2, -0.15) is 0 Å². The molecule has 5 rings (SSSR count). The molecule has 3 N–H and O–H groups in total. The van der Waals surface area contributed by atoms with Crippen LogP contribution in [-0.4, -0.2) is 65.9 Å². The van der Waals surface area contributed by atoms with Crippen molar-refractivity contribution >= 4 is 11.9 Å². The number of morpholine rings is 1. The number of hydrogen-bond acceptors (Lipinski definition) is 7. The van der Waals surface area contributed by atoms with Crippen molar-refractivity contribution < 1.29 is 34.0 Å². The second-order valence-electron chi connectivity index (χ2n) is 11.2. The maximum atomic E-state index is 12.1. The monoisotopic (exact) mass is 588 g/mol. The van der Waals surface area contributed by atoms with E-state index in [4.69, 9.17) is 19.3 Å². The van der Waals surface area contributed by atoms with Gasteiger partial charge in [-0.3, -0.25) is 14.5 Å². The number of amides is 1. The lowest BCUT2D eigenvalue weighted by Crippen LogP contribution is -2.47. The minimum Gasteiger partial charge on any atom is -0.481 e. The van der Waals surface area contributed by atoms with Crippen LogP contribution in [0, 0.1) is 5.92 Å². The van der Waals surface area contributed by atoms with E-state index in [1.165, 1.54) is 0 Å². The average Bonchev–Trinajstić information content (AvgIpc) is 3.04. The molecule has 9 nitrogen and oxygen atoms in total. The number of hydrogen-bond donors (Lipinski definition) is 3. The quantitative estimate of drug-likeness (QED) is 0.301. The van der Waals surface area contributed by atoms with Crippen LogP contribution in [0.3, 0.4) is 0 Å². The van der Waals surface area contributed by atoms with Crippen molar-refractivity contribution in [3.05, 3.63) is 95.1 Å². The first-order chi connectivity index (χ1) is 20.9. The van der Waals surface area contributed by atoms with Crippen LogP contribution in [0.4, 0.5) is 0 Å². The highest BCUT2D eigenvalue weighted by Gasteiger charge is 2.39. The van der Waals surface area contributed by atoms with Gasteiger partial charge in [-0.05, 0) is 27.8 Å². The standard InChI is InChI=1S/C34H40N2O7/c1-23-30(21-36-16-18-41-19-17-36)42-34(43-33(23)26-8-6-24(22-37)7-9-26)27-12-10-25(11-13-27)29-5-3-2-4-28(29)20-35-31(38)14-15-32(39)40/h2-13,23,30,33-34,37H,14-22H2,1H3,(H,35,38)(H,39,40)/t23-,30+,33+,34+/m1/s1. The summed E-state index contributed by atoms with van der Waals surface area (Å²) < 4.78 is 18.8. The molecule has 2 aliphatic heterocycles. The fraction of sp³-hybridized carbons (Fsp3) is 0.412. The van der Waals surface area contributed by atoms with Crippen LogP contribution < -0.4 is 5.32 Å². The summed E-state index contributed by atoms with van der Waals surface area (Å²) in [6.07, 6.45) is -1.03. The first kappa shape index (κ1) is 30.8. The molecule has 228 valence electrons. The van der Waals surface area contributed by atoms with Gasteiger partial charge in [0.2, 0.25) is 5.91 Å². The molecule has 1 amide bonds. The molecule has 0 spiro atoms. The van der Waals surface area contributed by atoms with Gasteiger partial charge in [-0.15, -0.1) is 0 Å². The van der Waals surface area contributed by atoms with Crippen molar-refractivity contribution in [2.75, 3.05) is 32.8 Å². The number of carboxylic acid groups (broad SMARTS) is 1. The van der Waals surface area contributed by atoms with Crippen LogP contribution in [0.25, 0.3) is 11.1 Å². The van der Waals surface area contributed by atoms with E-state index in [9.17, 15) is 14.7 Å². The fourth-order valence-corrected chi connectivity index (χ4v) is 5.64. The van der Waals surface area contributed by atoms with Gasteiger partial charge in [0.1, 0.15) is 0 Å². The molecule has 2 heterocycles. The Morgan fingerprint density at radius 3 is 2.30 bits per heavy atom. The molecule has 4 atom stereocenters. The van der Waals surface area contributed by atoms with Crippen LogP contribution in [0.5, 0.6) is 0 Å². The molecule has 0 bridgehead atoms. The number of carbonyl (C=O) groups excluding carboxylic acids is 1. The van der Waals surface area contributed by atoms with Crippen LogP contribution in [0.15, 0.2) is 72.8 Å². The molecular formula is C34H40N2O7. The number of aliphatic carboxylic acids is 1. The van der Waals surface area contributed by atoms with Crippen LogP contribution in [-0.2, 0) is 37.0 Å². The van der Waals surface area contributed by atoms with Crippen molar-refractivity contribution in [2.45, 2.75) is 51.4 Å². The maximum Gasteiger partial charge on any atom is 0.303 e. The van der Waals surface area contributed by atoms with Crippen molar-refractivity contribution in [3.63, 3.8) is 0 Å². The molecule has 2 fully saturated rings. The first-order valence-electron chi connectivity index (χ1n) is 14.9. The van der Waals surface area contributed by atoms with Crippen molar-refractivity contribution in [3.8, 4) is 11.1 Å². The number of ether oxygens (including phenoxy) is 3. The molecular weight excluding hydrogens is 548 g/mol. The number of nitrogens with zero attached hydrogens (tertiary/aromatic N) is 1. The van der Waals surface area contributed by atoms with Gasteiger partial charge in [0.25, 0.3) is 0 Å². The van der Waals surface area contributed by atoms with Crippen molar-refractivity contribution in [2.24, 2.45) is 5.92 Å². The highest BCUT2D eigenvalue weighted by atomic mass is 16.7. The minimum absolute atomic E-state index is 0.000675. The van der Waals surface area contributed by atoms with E-state index in [2.05, 4.69) is 17.1 Å². The largest absolute Gasteiger partial charge is 0.481 e. The zero-order valence-electron chi connectivity index (χ0n) is 24.5. The van der Waals surface area contributed by atoms with Crippen molar-refractivity contribution in [1.82, 2.24) is 10.2 Å². The van der Waals surface area contributed by atoms with E-state index in [1.807, 2.05) is 72.8 Å². The number of benzene rings is 3.